The minimum absolute atomic E-state index is 0.247. The molecule has 0 amide bonds. The van der Waals surface area contributed by atoms with Gasteiger partial charge in [0.2, 0.25) is 5.89 Å². The second-order valence-electron chi connectivity index (χ2n) is 5.02. The largest absolute Gasteiger partial charge is 0.378 e. The fraction of sp³-hybridized carbons (Fsp3) is 0.467. The maximum atomic E-state index is 5.68. The Hall–Kier alpha value is -1.88. The van der Waals surface area contributed by atoms with Crippen molar-refractivity contribution in [3.05, 3.63) is 42.0 Å². The van der Waals surface area contributed by atoms with Crippen molar-refractivity contribution >= 4 is 5.69 Å². The maximum absolute atomic E-state index is 5.68. The number of aromatic nitrogens is 2. The van der Waals surface area contributed by atoms with Crippen LogP contribution in [-0.4, -0.2) is 22.9 Å². The number of ether oxygens (including phenoxy) is 1. The number of rotatable bonds is 5. The lowest BCUT2D eigenvalue weighted by Gasteiger charge is -2.20. The summed E-state index contributed by atoms with van der Waals surface area (Å²) in [5.41, 5.74) is 1.04. The third kappa shape index (κ3) is 3.57. The van der Waals surface area contributed by atoms with Crippen LogP contribution in [0.25, 0.3) is 0 Å². The van der Waals surface area contributed by atoms with Crippen LogP contribution < -0.4 is 5.32 Å². The molecule has 1 fully saturated rings. The highest BCUT2D eigenvalue weighted by molar-refractivity contribution is 5.42. The number of para-hydroxylation sites is 1. The predicted molar refractivity (Wildman–Crippen MR) is 75.4 cm³/mol. The molecule has 0 aliphatic carbocycles. The SMILES string of the molecule is c1ccc(NCc2nc(CC3CCCCO3)no2)cc1. The predicted octanol–water partition coefficient (Wildman–Crippen LogP) is 2.79. The van der Waals surface area contributed by atoms with Gasteiger partial charge in [0.05, 0.1) is 12.6 Å². The van der Waals surface area contributed by atoms with Crippen molar-refractivity contribution in [2.45, 2.75) is 38.3 Å². The first-order valence-corrected chi connectivity index (χ1v) is 7.12. The second kappa shape index (κ2) is 6.52. The zero-order valence-corrected chi connectivity index (χ0v) is 11.4. The Kier molecular flexibility index (Phi) is 4.28. The van der Waals surface area contributed by atoms with Gasteiger partial charge in [0.25, 0.3) is 0 Å². The average molecular weight is 273 g/mol. The van der Waals surface area contributed by atoms with E-state index in [9.17, 15) is 0 Å². The van der Waals surface area contributed by atoms with Gasteiger partial charge >= 0.3 is 0 Å². The molecule has 20 heavy (non-hydrogen) atoms. The lowest BCUT2D eigenvalue weighted by molar-refractivity contribution is 0.0153. The first-order chi connectivity index (χ1) is 9.90. The number of hydrogen-bond acceptors (Lipinski definition) is 5. The van der Waals surface area contributed by atoms with Gasteiger partial charge in [-0.3, -0.25) is 0 Å². The smallest absolute Gasteiger partial charge is 0.245 e. The summed E-state index contributed by atoms with van der Waals surface area (Å²) in [4.78, 5) is 4.40. The fourth-order valence-electron chi connectivity index (χ4n) is 2.35. The fourth-order valence-corrected chi connectivity index (χ4v) is 2.35. The van der Waals surface area contributed by atoms with Gasteiger partial charge in [0, 0.05) is 18.7 Å². The van der Waals surface area contributed by atoms with Crippen molar-refractivity contribution in [1.29, 1.82) is 0 Å². The van der Waals surface area contributed by atoms with Crippen molar-refractivity contribution in [3.8, 4) is 0 Å². The summed E-state index contributed by atoms with van der Waals surface area (Å²) in [6.45, 7) is 1.40. The van der Waals surface area contributed by atoms with Crippen molar-refractivity contribution in [3.63, 3.8) is 0 Å². The summed E-state index contributed by atoms with van der Waals surface area (Å²) >= 11 is 0. The van der Waals surface area contributed by atoms with Gasteiger partial charge in [-0.1, -0.05) is 23.4 Å². The van der Waals surface area contributed by atoms with Crippen molar-refractivity contribution in [2.24, 2.45) is 0 Å². The number of anilines is 1. The summed E-state index contributed by atoms with van der Waals surface area (Å²) in [7, 11) is 0. The zero-order chi connectivity index (χ0) is 13.6. The van der Waals surface area contributed by atoms with Gasteiger partial charge in [-0.15, -0.1) is 0 Å². The van der Waals surface area contributed by atoms with Crippen molar-refractivity contribution < 1.29 is 9.26 Å². The topological polar surface area (TPSA) is 60.2 Å². The van der Waals surface area contributed by atoms with Gasteiger partial charge in [-0.2, -0.15) is 4.98 Å². The van der Waals surface area contributed by atoms with Gasteiger partial charge in [0.1, 0.15) is 0 Å². The highest BCUT2D eigenvalue weighted by Gasteiger charge is 2.17. The molecule has 5 heteroatoms. The normalized spacial score (nSPS) is 18.9. The Bertz CT molecular complexity index is 521. The standard InChI is InChI=1S/C15H19N3O2/c1-2-6-12(7-3-1)16-11-15-17-14(18-20-15)10-13-8-4-5-9-19-13/h1-3,6-7,13,16H,4-5,8-11H2. The van der Waals surface area contributed by atoms with Crippen LogP contribution in [0.4, 0.5) is 5.69 Å². The zero-order valence-electron chi connectivity index (χ0n) is 11.4. The molecule has 1 aliphatic rings. The lowest BCUT2D eigenvalue weighted by Crippen LogP contribution is -2.21. The monoisotopic (exact) mass is 273 g/mol. The van der Waals surface area contributed by atoms with E-state index in [4.69, 9.17) is 9.26 Å². The van der Waals surface area contributed by atoms with Crippen molar-refractivity contribution in [1.82, 2.24) is 10.1 Å². The van der Waals surface area contributed by atoms with Gasteiger partial charge in [-0.05, 0) is 31.4 Å². The van der Waals surface area contributed by atoms with E-state index in [1.807, 2.05) is 30.3 Å². The van der Waals surface area contributed by atoms with E-state index in [2.05, 4.69) is 15.5 Å². The van der Waals surface area contributed by atoms with E-state index in [1.54, 1.807) is 0 Å². The van der Waals surface area contributed by atoms with E-state index in [1.165, 1.54) is 6.42 Å². The van der Waals surface area contributed by atoms with E-state index < -0.39 is 0 Å². The molecule has 1 aromatic heterocycles. The molecule has 1 saturated heterocycles. The molecular formula is C15H19N3O2. The maximum Gasteiger partial charge on any atom is 0.245 e. The molecule has 2 aromatic rings. The van der Waals surface area contributed by atoms with Crippen LogP contribution in [0.3, 0.4) is 0 Å². The van der Waals surface area contributed by atoms with Gasteiger partial charge in [-0.25, -0.2) is 0 Å². The third-order valence-corrected chi connectivity index (χ3v) is 3.41. The molecule has 0 saturated carbocycles. The molecule has 1 N–H and O–H groups in total. The van der Waals surface area contributed by atoms with E-state index >= 15 is 0 Å². The third-order valence-electron chi connectivity index (χ3n) is 3.41. The van der Waals surface area contributed by atoms with Gasteiger partial charge in [0.15, 0.2) is 5.82 Å². The van der Waals surface area contributed by atoms with Crippen molar-refractivity contribution in [2.75, 3.05) is 11.9 Å². The van der Waals surface area contributed by atoms with E-state index in [-0.39, 0.29) is 6.10 Å². The number of nitrogens with one attached hydrogen (secondary N) is 1. The Balaban J connectivity index is 1.51. The highest BCUT2D eigenvalue weighted by atomic mass is 16.5. The summed E-state index contributed by atoms with van der Waals surface area (Å²) < 4.78 is 10.9. The molecule has 3 rings (SSSR count). The second-order valence-corrected chi connectivity index (χ2v) is 5.02. The van der Waals surface area contributed by atoms with Gasteiger partial charge < -0.3 is 14.6 Å². The van der Waals surface area contributed by atoms with E-state index in [0.717, 1.165) is 37.4 Å². The molecule has 0 spiro atoms. The van der Waals surface area contributed by atoms with Crippen LogP contribution >= 0.6 is 0 Å². The molecule has 0 bridgehead atoms. The van der Waals surface area contributed by atoms with Crippen LogP contribution in [0.2, 0.25) is 0 Å². The first-order valence-electron chi connectivity index (χ1n) is 7.12. The lowest BCUT2D eigenvalue weighted by atomic mass is 10.1. The molecule has 1 aliphatic heterocycles. The minimum Gasteiger partial charge on any atom is -0.378 e. The molecular weight excluding hydrogens is 254 g/mol. The van der Waals surface area contributed by atoms with Crippen LogP contribution in [0.5, 0.6) is 0 Å². The minimum atomic E-state index is 0.247. The van der Waals surface area contributed by atoms with Crippen LogP contribution in [0, 0.1) is 0 Å². The Morgan fingerprint density at radius 3 is 2.90 bits per heavy atom. The number of nitrogens with zero attached hydrogens (tertiary/aromatic N) is 2. The molecule has 2 heterocycles. The number of benzene rings is 1. The van der Waals surface area contributed by atoms with Crippen LogP contribution in [0.15, 0.2) is 34.9 Å². The molecule has 0 radical (unpaired) electrons. The molecule has 5 nitrogen and oxygen atoms in total. The summed E-state index contributed by atoms with van der Waals surface area (Å²) in [5, 5.41) is 7.27. The average Bonchev–Trinajstić information content (AvgIpc) is 2.95. The Morgan fingerprint density at radius 2 is 2.10 bits per heavy atom. The highest BCUT2D eigenvalue weighted by Crippen LogP contribution is 2.16. The summed E-state index contributed by atoms with van der Waals surface area (Å²) in [5.74, 6) is 1.35. The summed E-state index contributed by atoms with van der Waals surface area (Å²) in [6, 6.07) is 9.98. The number of hydrogen-bond donors (Lipinski definition) is 1. The molecule has 1 atom stereocenters. The Morgan fingerprint density at radius 1 is 1.20 bits per heavy atom. The first kappa shape index (κ1) is 13.1. The quantitative estimate of drug-likeness (QED) is 0.907. The van der Waals surface area contributed by atoms with E-state index in [0.29, 0.717) is 12.4 Å². The van der Waals surface area contributed by atoms with Crippen LogP contribution in [-0.2, 0) is 17.7 Å². The van der Waals surface area contributed by atoms with Crippen LogP contribution in [0.1, 0.15) is 31.0 Å². The molecule has 1 aromatic carbocycles. The molecule has 106 valence electrons. The summed E-state index contributed by atoms with van der Waals surface area (Å²) in [6.07, 6.45) is 4.47. The molecule has 1 unspecified atom stereocenters. The Labute approximate surface area is 118 Å².